The molecule has 1 aliphatic carbocycles. The van der Waals surface area contributed by atoms with Gasteiger partial charge in [-0.2, -0.15) is 0 Å². The molecule has 3 rings (SSSR count). The topological polar surface area (TPSA) is 55.6 Å². The van der Waals surface area contributed by atoms with E-state index in [1.807, 2.05) is 11.7 Å². The van der Waals surface area contributed by atoms with Crippen molar-refractivity contribution in [3.63, 3.8) is 0 Å². The Balaban J connectivity index is 1.72. The molecule has 1 unspecified atom stereocenters. The third-order valence-corrected chi connectivity index (χ3v) is 4.92. The molecule has 6 heteroatoms. The minimum Gasteiger partial charge on any atom is -0.312 e. The minimum atomic E-state index is 0.305. The number of aryl methyl sites for hydroxylation is 2. The van der Waals surface area contributed by atoms with Crippen molar-refractivity contribution in [2.45, 2.75) is 43.9 Å². The number of benzene rings is 1. The molecule has 1 aromatic carbocycles. The normalized spacial score (nSPS) is 16.1. The number of hydrogen-bond acceptors (Lipinski definition) is 5. The van der Waals surface area contributed by atoms with Gasteiger partial charge in [0.25, 0.3) is 0 Å². The summed E-state index contributed by atoms with van der Waals surface area (Å²) < 4.78 is 1.97. The van der Waals surface area contributed by atoms with Crippen molar-refractivity contribution in [2.75, 3.05) is 12.8 Å². The fourth-order valence-electron chi connectivity index (χ4n) is 2.45. The summed E-state index contributed by atoms with van der Waals surface area (Å²) in [5.74, 6) is 0.924. The van der Waals surface area contributed by atoms with Crippen molar-refractivity contribution in [1.29, 1.82) is 0 Å². The molecule has 0 spiro atoms. The van der Waals surface area contributed by atoms with Gasteiger partial charge in [-0.1, -0.05) is 35.5 Å². The summed E-state index contributed by atoms with van der Waals surface area (Å²) in [4.78, 5) is 0. The third kappa shape index (κ3) is 3.27. The second-order valence-corrected chi connectivity index (χ2v) is 6.64. The van der Waals surface area contributed by atoms with Crippen LogP contribution in [0.1, 0.15) is 41.6 Å². The van der Waals surface area contributed by atoms with Crippen LogP contribution in [0.25, 0.3) is 0 Å². The average Bonchev–Trinajstić information content (AvgIpc) is 3.22. The number of aromatic nitrogens is 4. The molecular formula is C15H21N5S. The van der Waals surface area contributed by atoms with Crippen molar-refractivity contribution in [1.82, 2.24) is 25.5 Å². The minimum absolute atomic E-state index is 0.305. The molecule has 0 aliphatic heterocycles. The number of tetrazole rings is 1. The molecule has 1 N–H and O–H groups in total. The van der Waals surface area contributed by atoms with E-state index in [0.29, 0.717) is 12.1 Å². The van der Waals surface area contributed by atoms with Crippen molar-refractivity contribution in [3.05, 3.63) is 34.9 Å². The van der Waals surface area contributed by atoms with E-state index in [2.05, 4.69) is 52.9 Å². The average molecular weight is 303 g/mol. The summed E-state index contributed by atoms with van der Waals surface area (Å²) in [6.07, 6.45) is 2.40. The monoisotopic (exact) mass is 303 g/mol. The van der Waals surface area contributed by atoms with Gasteiger partial charge in [-0.3, -0.25) is 0 Å². The van der Waals surface area contributed by atoms with Crippen molar-refractivity contribution >= 4 is 11.8 Å². The van der Waals surface area contributed by atoms with Crippen LogP contribution in [0.4, 0.5) is 0 Å². The summed E-state index contributed by atoms with van der Waals surface area (Å²) in [5, 5.41) is 16.4. The van der Waals surface area contributed by atoms with Gasteiger partial charge >= 0.3 is 0 Å². The SMILES string of the molecule is CNC(CSc1nnnn1C1CC1)c1cc(C)ccc1C. The van der Waals surface area contributed by atoms with E-state index in [0.717, 1.165) is 10.9 Å². The Hall–Kier alpha value is -1.40. The lowest BCUT2D eigenvalue weighted by Gasteiger charge is -2.19. The number of nitrogens with zero attached hydrogens (tertiary/aromatic N) is 4. The van der Waals surface area contributed by atoms with Gasteiger partial charge in [-0.05, 0) is 55.3 Å². The molecule has 0 saturated heterocycles. The summed E-state index contributed by atoms with van der Waals surface area (Å²) >= 11 is 1.73. The molecule has 2 aromatic rings. The predicted octanol–water partition coefficient (Wildman–Crippen LogP) is 2.68. The Bertz CT molecular complexity index is 620. The van der Waals surface area contributed by atoms with Crippen LogP contribution in [0.2, 0.25) is 0 Å². The number of hydrogen-bond donors (Lipinski definition) is 1. The smallest absolute Gasteiger partial charge is 0.209 e. The van der Waals surface area contributed by atoms with E-state index in [9.17, 15) is 0 Å². The zero-order chi connectivity index (χ0) is 14.8. The molecule has 0 radical (unpaired) electrons. The first-order valence-electron chi connectivity index (χ1n) is 7.34. The Morgan fingerprint density at radius 3 is 2.90 bits per heavy atom. The van der Waals surface area contributed by atoms with Gasteiger partial charge in [-0.15, -0.1) is 5.10 Å². The molecule has 0 bridgehead atoms. The molecule has 112 valence electrons. The Morgan fingerprint density at radius 2 is 2.19 bits per heavy atom. The zero-order valence-electron chi connectivity index (χ0n) is 12.7. The Labute approximate surface area is 129 Å². The molecule has 1 fully saturated rings. The first kappa shape index (κ1) is 14.5. The molecule has 5 nitrogen and oxygen atoms in total. The number of nitrogens with one attached hydrogen (secondary N) is 1. The van der Waals surface area contributed by atoms with Gasteiger partial charge in [0.2, 0.25) is 5.16 Å². The van der Waals surface area contributed by atoms with E-state index in [1.165, 1.54) is 29.5 Å². The fraction of sp³-hybridized carbons (Fsp3) is 0.533. The van der Waals surface area contributed by atoms with E-state index >= 15 is 0 Å². The van der Waals surface area contributed by atoms with Gasteiger partial charge in [-0.25, -0.2) is 4.68 Å². The number of thioether (sulfide) groups is 1. The molecule has 0 amide bonds. The van der Waals surface area contributed by atoms with Crippen LogP contribution in [-0.2, 0) is 0 Å². The second kappa shape index (κ2) is 6.15. The van der Waals surface area contributed by atoms with Crippen molar-refractivity contribution in [2.24, 2.45) is 0 Å². The van der Waals surface area contributed by atoms with Crippen LogP contribution in [0, 0.1) is 13.8 Å². The highest BCUT2D eigenvalue weighted by atomic mass is 32.2. The van der Waals surface area contributed by atoms with Crippen molar-refractivity contribution < 1.29 is 0 Å². The highest BCUT2D eigenvalue weighted by Gasteiger charge is 2.28. The highest BCUT2D eigenvalue weighted by Crippen LogP contribution is 2.37. The second-order valence-electron chi connectivity index (χ2n) is 5.65. The zero-order valence-corrected chi connectivity index (χ0v) is 13.5. The van der Waals surface area contributed by atoms with Gasteiger partial charge in [0.05, 0.1) is 6.04 Å². The Morgan fingerprint density at radius 1 is 1.38 bits per heavy atom. The number of rotatable bonds is 6. The molecule has 21 heavy (non-hydrogen) atoms. The van der Waals surface area contributed by atoms with Crippen LogP contribution in [0.5, 0.6) is 0 Å². The van der Waals surface area contributed by atoms with E-state index in [1.54, 1.807) is 11.8 Å². The first-order chi connectivity index (χ1) is 10.2. The summed E-state index contributed by atoms with van der Waals surface area (Å²) in [5.41, 5.74) is 3.97. The van der Waals surface area contributed by atoms with E-state index in [-0.39, 0.29) is 0 Å². The maximum Gasteiger partial charge on any atom is 0.209 e. The van der Waals surface area contributed by atoms with Crippen LogP contribution in [0.3, 0.4) is 0 Å². The van der Waals surface area contributed by atoms with Crippen LogP contribution >= 0.6 is 11.8 Å². The van der Waals surface area contributed by atoms with Gasteiger partial charge in [0, 0.05) is 11.8 Å². The van der Waals surface area contributed by atoms with Gasteiger partial charge in [0.1, 0.15) is 0 Å². The molecule has 1 atom stereocenters. The third-order valence-electron chi connectivity index (χ3n) is 3.89. The van der Waals surface area contributed by atoms with E-state index in [4.69, 9.17) is 0 Å². The molecule has 1 heterocycles. The molecule has 1 aliphatic rings. The quantitative estimate of drug-likeness (QED) is 0.832. The first-order valence-corrected chi connectivity index (χ1v) is 8.32. The maximum atomic E-state index is 4.15. The van der Waals surface area contributed by atoms with Crippen LogP contribution < -0.4 is 5.32 Å². The summed E-state index contributed by atoms with van der Waals surface area (Å²) in [7, 11) is 2.01. The summed E-state index contributed by atoms with van der Waals surface area (Å²) in [6, 6.07) is 7.44. The van der Waals surface area contributed by atoms with E-state index < -0.39 is 0 Å². The highest BCUT2D eigenvalue weighted by molar-refractivity contribution is 7.99. The van der Waals surface area contributed by atoms with Gasteiger partial charge in [0.15, 0.2) is 0 Å². The Kier molecular flexibility index (Phi) is 4.26. The van der Waals surface area contributed by atoms with Crippen molar-refractivity contribution in [3.8, 4) is 0 Å². The predicted molar refractivity (Wildman–Crippen MR) is 84.5 cm³/mol. The summed E-state index contributed by atoms with van der Waals surface area (Å²) in [6.45, 7) is 4.30. The van der Waals surface area contributed by atoms with Crippen LogP contribution in [-0.4, -0.2) is 33.0 Å². The standard InChI is InChI=1S/C15H21N5S/c1-10-4-5-11(2)13(8-10)14(16-3)9-21-15-17-18-19-20(15)12-6-7-12/h4-5,8,12,14,16H,6-7,9H2,1-3H3. The lowest BCUT2D eigenvalue weighted by Crippen LogP contribution is -2.20. The van der Waals surface area contributed by atoms with Gasteiger partial charge < -0.3 is 5.32 Å². The largest absolute Gasteiger partial charge is 0.312 e. The maximum absolute atomic E-state index is 4.15. The lowest BCUT2D eigenvalue weighted by atomic mass is 10.0. The molecular weight excluding hydrogens is 282 g/mol. The lowest BCUT2D eigenvalue weighted by molar-refractivity contribution is 0.564. The molecule has 1 saturated carbocycles. The molecule has 1 aromatic heterocycles. The van der Waals surface area contributed by atoms with Crippen LogP contribution in [0.15, 0.2) is 23.4 Å². The fourth-order valence-corrected chi connectivity index (χ4v) is 3.52.